The molecule has 186 valence electrons. The summed E-state index contributed by atoms with van der Waals surface area (Å²) in [6.45, 7) is 18.7. The Labute approximate surface area is 202 Å². The number of nitrogens with two attached hydrogens (primary N) is 1. The maximum atomic E-state index is 12.1. The molecule has 1 atom stereocenters. The Morgan fingerprint density at radius 1 is 1.06 bits per heavy atom. The van der Waals surface area contributed by atoms with Crippen LogP contribution in [0, 0.1) is 5.92 Å². The van der Waals surface area contributed by atoms with Crippen LogP contribution in [0.5, 0.6) is 0 Å². The van der Waals surface area contributed by atoms with Crippen LogP contribution in [-0.2, 0) is 11.2 Å². The van der Waals surface area contributed by atoms with Gasteiger partial charge in [-0.15, -0.1) is 0 Å². The van der Waals surface area contributed by atoms with E-state index in [1.165, 1.54) is 6.42 Å². The second-order valence-corrected chi connectivity index (χ2v) is 8.81. The Bertz CT molecular complexity index is 716. The minimum absolute atomic E-state index is 0.0118. The molecule has 1 rings (SSSR count). The Hall–Kier alpha value is -2.66. The Morgan fingerprint density at radius 3 is 1.97 bits per heavy atom. The van der Waals surface area contributed by atoms with Gasteiger partial charge in [-0.25, -0.2) is 0 Å². The van der Waals surface area contributed by atoms with Crippen molar-refractivity contribution in [3.63, 3.8) is 0 Å². The van der Waals surface area contributed by atoms with Gasteiger partial charge in [0.05, 0.1) is 0 Å². The normalized spacial score (nSPS) is 11.5. The van der Waals surface area contributed by atoms with Crippen LogP contribution in [0.25, 0.3) is 0 Å². The van der Waals surface area contributed by atoms with Gasteiger partial charge in [0, 0.05) is 24.6 Å². The topological polar surface area (TPSA) is 75.4 Å². The summed E-state index contributed by atoms with van der Waals surface area (Å²) >= 11 is 0. The molecule has 5 heteroatoms. The van der Waals surface area contributed by atoms with Crippen LogP contribution < -0.4 is 11.1 Å². The summed E-state index contributed by atoms with van der Waals surface area (Å²) in [5, 5.41) is 2.99. The molecule has 0 bridgehead atoms. The lowest BCUT2D eigenvalue weighted by Crippen LogP contribution is -2.41. The molecule has 0 aliphatic heterocycles. The molecule has 3 N–H and O–H groups in total. The second-order valence-electron chi connectivity index (χ2n) is 8.81. The van der Waals surface area contributed by atoms with E-state index in [9.17, 15) is 9.59 Å². The summed E-state index contributed by atoms with van der Waals surface area (Å²) in [4.78, 5) is 25.3. The quantitative estimate of drug-likeness (QED) is 0.429. The molecule has 1 aromatic rings. The van der Waals surface area contributed by atoms with Crippen molar-refractivity contribution in [3.05, 3.63) is 72.4 Å². The van der Waals surface area contributed by atoms with Gasteiger partial charge in [-0.2, -0.15) is 0 Å². The molecular weight excluding hydrogens is 410 g/mol. The molecule has 33 heavy (non-hydrogen) atoms. The zero-order valence-corrected chi connectivity index (χ0v) is 22.0. The first-order valence-electron chi connectivity index (χ1n) is 11.8. The number of nitrogens with zero attached hydrogens (tertiary/aromatic N) is 1. The van der Waals surface area contributed by atoms with Crippen LogP contribution in [0.15, 0.2) is 61.2 Å². The minimum Gasteiger partial charge on any atom is -0.366 e. The van der Waals surface area contributed by atoms with Gasteiger partial charge >= 0.3 is 0 Å². The number of primary amides is 1. The second kappa shape index (κ2) is 20.0. The van der Waals surface area contributed by atoms with Crippen molar-refractivity contribution >= 4 is 11.8 Å². The smallest absolute Gasteiger partial charge is 0.248 e. The summed E-state index contributed by atoms with van der Waals surface area (Å²) in [5.74, 6) is 0.412. The fourth-order valence-corrected chi connectivity index (χ4v) is 2.50. The highest BCUT2D eigenvalue weighted by atomic mass is 16.1. The molecule has 0 aromatic heterocycles. The zero-order valence-electron chi connectivity index (χ0n) is 22.0. The fraction of sp³-hybridized carbons (Fsp3) is 0.500. The third-order valence-corrected chi connectivity index (χ3v) is 4.21. The maximum absolute atomic E-state index is 12.1. The molecule has 0 aliphatic rings. The Balaban J connectivity index is 0. The predicted molar refractivity (Wildman–Crippen MR) is 143 cm³/mol. The Kier molecular flexibility index (Phi) is 19.7. The molecule has 2 amide bonds. The molecule has 5 nitrogen and oxygen atoms in total. The van der Waals surface area contributed by atoms with Crippen molar-refractivity contribution in [1.29, 1.82) is 0 Å². The lowest BCUT2D eigenvalue weighted by atomic mass is 10.0. The highest BCUT2D eigenvalue weighted by Gasteiger charge is 2.14. The van der Waals surface area contributed by atoms with E-state index in [2.05, 4.69) is 58.0 Å². The third-order valence-electron chi connectivity index (χ3n) is 4.21. The number of rotatable bonds is 11. The average molecular weight is 458 g/mol. The number of hydrogen-bond donors (Lipinski definition) is 2. The van der Waals surface area contributed by atoms with Crippen LogP contribution in [0.2, 0.25) is 0 Å². The van der Waals surface area contributed by atoms with Gasteiger partial charge in [0.1, 0.15) is 0 Å². The first-order chi connectivity index (χ1) is 15.5. The summed E-state index contributed by atoms with van der Waals surface area (Å²) in [6.07, 6.45) is 8.37. The van der Waals surface area contributed by atoms with E-state index in [4.69, 9.17) is 5.73 Å². The average Bonchev–Trinajstić information content (AvgIpc) is 2.74. The largest absolute Gasteiger partial charge is 0.366 e. The van der Waals surface area contributed by atoms with E-state index < -0.39 is 5.91 Å². The van der Waals surface area contributed by atoms with Gasteiger partial charge < -0.3 is 16.0 Å². The van der Waals surface area contributed by atoms with E-state index in [0.29, 0.717) is 24.9 Å². The minimum atomic E-state index is -0.433. The molecule has 0 fully saturated rings. The monoisotopic (exact) mass is 457 g/mol. The number of benzene rings is 1. The van der Waals surface area contributed by atoms with Crippen LogP contribution >= 0.6 is 0 Å². The summed E-state index contributed by atoms with van der Waals surface area (Å²) in [6, 6.07) is 7.40. The van der Waals surface area contributed by atoms with Crippen LogP contribution in [-0.4, -0.2) is 43.4 Å². The van der Waals surface area contributed by atoms with Crippen molar-refractivity contribution in [2.45, 2.75) is 66.3 Å². The van der Waals surface area contributed by atoms with E-state index in [0.717, 1.165) is 23.5 Å². The van der Waals surface area contributed by atoms with Crippen molar-refractivity contribution in [1.82, 2.24) is 10.2 Å². The van der Waals surface area contributed by atoms with Gasteiger partial charge in [0.15, 0.2) is 0 Å². The summed E-state index contributed by atoms with van der Waals surface area (Å²) in [7, 11) is 3.97. The van der Waals surface area contributed by atoms with Crippen LogP contribution in [0.4, 0.5) is 0 Å². The first-order valence-corrected chi connectivity index (χ1v) is 11.8. The van der Waals surface area contributed by atoms with Crippen LogP contribution in [0.1, 0.15) is 69.8 Å². The molecule has 0 radical (unpaired) electrons. The molecule has 0 saturated heterocycles. The van der Waals surface area contributed by atoms with Gasteiger partial charge in [-0.1, -0.05) is 84.6 Å². The number of likely N-dealkylation sites (N-methyl/N-ethyl adjacent to an activating group) is 1. The number of allylic oxidation sites excluding steroid dienone is 4. The lowest BCUT2D eigenvalue weighted by Gasteiger charge is -2.25. The summed E-state index contributed by atoms with van der Waals surface area (Å²) < 4.78 is 0. The highest BCUT2D eigenvalue weighted by Crippen LogP contribution is 2.10. The van der Waals surface area contributed by atoms with Gasteiger partial charge in [0.25, 0.3) is 0 Å². The molecule has 0 spiro atoms. The molecule has 0 saturated carbocycles. The number of hydrogen-bond acceptors (Lipinski definition) is 3. The zero-order chi connectivity index (χ0) is 25.8. The lowest BCUT2D eigenvalue weighted by molar-refractivity contribution is -0.121. The molecule has 0 heterocycles. The van der Waals surface area contributed by atoms with Gasteiger partial charge in [-0.3, -0.25) is 9.59 Å². The number of carbonyl (C=O) groups excluding carboxylic acids is 2. The molecule has 1 unspecified atom stereocenters. The van der Waals surface area contributed by atoms with Crippen LogP contribution in [0.3, 0.4) is 0 Å². The number of amides is 2. The van der Waals surface area contributed by atoms with E-state index in [1.54, 1.807) is 24.3 Å². The molecule has 0 aliphatic carbocycles. The van der Waals surface area contributed by atoms with Crippen molar-refractivity contribution in [2.24, 2.45) is 11.7 Å². The number of carbonyl (C=O) groups is 2. The summed E-state index contributed by atoms with van der Waals surface area (Å²) in [5.41, 5.74) is 7.84. The van der Waals surface area contributed by atoms with E-state index in [-0.39, 0.29) is 11.9 Å². The Morgan fingerprint density at radius 2 is 1.58 bits per heavy atom. The van der Waals surface area contributed by atoms with Crippen molar-refractivity contribution < 1.29 is 9.59 Å². The third kappa shape index (κ3) is 18.6. The molecule has 1 aromatic carbocycles. The van der Waals surface area contributed by atoms with Crippen molar-refractivity contribution in [3.8, 4) is 0 Å². The first kappa shape index (κ1) is 32.5. The van der Waals surface area contributed by atoms with E-state index in [1.807, 2.05) is 32.3 Å². The van der Waals surface area contributed by atoms with E-state index >= 15 is 0 Å². The van der Waals surface area contributed by atoms with Crippen molar-refractivity contribution in [2.75, 3.05) is 20.6 Å². The highest BCUT2D eigenvalue weighted by molar-refractivity contribution is 5.92. The molecular formula is C28H47N3O2. The standard InChI is InChI=1S/C21H29N3O2.C4H10.C3H8/c1-5-7-16(6-2)10-13-20(25)23-15-19(24(3)4)14-17-8-11-18(12-9-17)21(22)26;1-4(2)3;1-3-2/h5-9,11-12,19H,1-2,10,13-15H2,3-4H3,(H2,22,26)(H,23,25);4H,1-3H3;3H2,1-2H3/b16-7+;;. The maximum Gasteiger partial charge on any atom is 0.248 e. The fourth-order valence-electron chi connectivity index (χ4n) is 2.50. The van der Waals surface area contributed by atoms with Gasteiger partial charge in [0.2, 0.25) is 11.8 Å². The SMILES string of the molecule is C=C/C=C(\C=C)CCC(=O)NCC(Cc1ccc(C(N)=O)cc1)N(C)C.CC(C)C.CCC. The predicted octanol–water partition coefficient (Wildman–Crippen LogP) is 5.53. The number of nitrogens with one attached hydrogen (secondary N) is 1. The van der Waals surface area contributed by atoms with Gasteiger partial charge in [-0.05, 0) is 56.1 Å².